The predicted octanol–water partition coefficient (Wildman–Crippen LogP) is 4.96. The summed E-state index contributed by atoms with van der Waals surface area (Å²) in [5.74, 6) is -0.474. The molecule has 9 heteroatoms. The first-order valence-electron chi connectivity index (χ1n) is 12.5. The van der Waals surface area contributed by atoms with E-state index in [4.69, 9.17) is 4.74 Å². The van der Waals surface area contributed by atoms with Crippen molar-refractivity contribution in [3.63, 3.8) is 0 Å². The van der Waals surface area contributed by atoms with Crippen molar-refractivity contribution < 1.29 is 9.53 Å². The molecule has 8 nitrogen and oxygen atoms in total. The minimum atomic E-state index is -1.20. The van der Waals surface area contributed by atoms with Crippen molar-refractivity contribution in [2.75, 3.05) is 11.9 Å². The van der Waals surface area contributed by atoms with E-state index in [1.54, 1.807) is 10.9 Å². The van der Waals surface area contributed by atoms with Crippen molar-refractivity contribution in [1.29, 1.82) is 5.26 Å². The van der Waals surface area contributed by atoms with Crippen LogP contribution in [0.2, 0.25) is 25.7 Å². The highest BCUT2D eigenvalue weighted by molar-refractivity contribution is 6.76. The zero-order valence-corrected chi connectivity index (χ0v) is 22.9. The van der Waals surface area contributed by atoms with E-state index in [0.717, 1.165) is 22.9 Å². The van der Waals surface area contributed by atoms with Gasteiger partial charge < -0.3 is 10.1 Å². The largest absolute Gasteiger partial charge is 0.360 e. The van der Waals surface area contributed by atoms with Gasteiger partial charge in [0.05, 0.1) is 30.4 Å². The number of carbonyl (C=O) groups excluding carboxylic acids is 1. The predicted molar refractivity (Wildman–Crippen MR) is 142 cm³/mol. The fourth-order valence-corrected chi connectivity index (χ4v) is 5.25. The smallest absolute Gasteiger partial charge is 0.276 e. The molecule has 1 unspecified atom stereocenters. The summed E-state index contributed by atoms with van der Waals surface area (Å²) in [5.41, 5.74) is 3.74. The lowest BCUT2D eigenvalue weighted by molar-refractivity contribution is 0.0734. The van der Waals surface area contributed by atoms with Crippen molar-refractivity contribution in [3.8, 4) is 6.07 Å². The van der Waals surface area contributed by atoms with Gasteiger partial charge >= 0.3 is 0 Å². The molecule has 0 fully saturated rings. The number of hydrogen-bond donors (Lipinski definition) is 1. The van der Waals surface area contributed by atoms with Gasteiger partial charge in [-0.1, -0.05) is 63.8 Å². The maximum Gasteiger partial charge on any atom is 0.276 e. The van der Waals surface area contributed by atoms with Crippen molar-refractivity contribution in [2.24, 2.45) is 11.3 Å². The van der Waals surface area contributed by atoms with Crippen LogP contribution in [0.1, 0.15) is 41.2 Å². The molecule has 36 heavy (non-hydrogen) atoms. The van der Waals surface area contributed by atoms with Gasteiger partial charge in [0.25, 0.3) is 5.91 Å². The monoisotopic (exact) mass is 504 g/mol. The van der Waals surface area contributed by atoms with Gasteiger partial charge in [-0.3, -0.25) is 9.48 Å². The van der Waals surface area contributed by atoms with E-state index in [0.29, 0.717) is 44.1 Å². The summed E-state index contributed by atoms with van der Waals surface area (Å²) >= 11 is 0. The average molecular weight is 505 g/mol. The normalized spacial score (nSPS) is 16.8. The number of nitriles is 1. The Hall–Kier alpha value is -3.22. The van der Waals surface area contributed by atoms with Crippen LogP contribution in [0, 0.1) is 22.7 Å². The zero-order chi connectivity index (χ0) is 25.9. The number of fused-ring (bicyclic) bond motifs is 1. The minimum Gasteiger partial charge on any atom is -0.360 e. The lowest BCUT2D eigenvalue weighted by Gasteiger charge is -2.34. The molecular weight excluding hydrogens is 468 g/mol. The third kappa shape index (κ3) is 6.12. The first-order valence-corrected chi connectivity index (χ1v) is 16.2. The maximum atomic E-state index is 13.3. The molecule has 0 spiro atoms. The van der Waals surface area contributed by atoms with Crippen molar-refractivity contribution in [1.82, 2.24) is 19.6 Å². The Morgan fingerprint density at radius 3 is 2.72 bits per heavy atom. The highest BCUT2D eigenvalue weighted by Crippen LogP contribution is 2.40. The Morgan fingerprint density at radius 1 is 1.28 bits per heavy atom. The molecule has 2 heterocycles. The van der Waals surface area contributed by atoms with Crippen molar-refractivity contribution in [3.05, 3.63) is 65.2 Å². The van der Waals surface area contributed by atoms with Gasteiger partial charge in [0, 0.05) is 32.1 Å². The molecular formula is C27H36N6O2Si. The quantitative estimate of drug-likeness (QED) is 0.328. The fourth-order valence-electron chi connectivity index (χ4n) is 4.50. The number of carbonyl (C=O) groups is 1. The first kappa shape index (κ1) is 25.9. The Morgan fingerprint density at radius 2 is 2.03 bits per heavy atom. The minimum absolute atomic E-state index is 0.185. The topological polar surface area (TPSA) is 97.8 Å². The third-order valence-electron chi connectivity index (χ3n) is 6.80. The van der Waals surface area contributed by atoms with Crippen LogP contribution in [-0.4, -0.2) is 40.1 Å². The van der Waals surface area contributed by atoms with E-state index >= 15 is 0 Å². The number of nitrogens with zero attached hydrogens (tertiary/aromatic N) is 5. The number of aromatic nitrogens is 4. The van der Waals surface area contributed by atoms with E-state index in [9.17, 15) is 10.1 Å². The second kappa shape index (κ2) is 10.4. The molecule has 1 atom stereocenters. The molecule has 1 amide bonds. The van der Waals surface area contributed by atoms with E-state index < -0.39 is 8.07 Å². The molecule has 0 radical (unpaired) electrons. The summed E-state index contributed by atoms with van der Waals surface area (Å²) in [7, 11) is -1.20. The molecule has 190 valence electrons. The molecule has 0 aliphatic heterocycles. The molecule has 1 aliphatic carbocycles. The molecule has 0 bridgehead atoms. The second-order valence-corrected chi connectivity index (χ2v) is 17.2. The van der Waals surface area contributed by atoms with E-state index in [1.165, 1.54) is 0 Å². The van der Waals surface area contributed by atoms with Crippen LogP contribution < -0.4 is 5.32 Å². The second-order valence-electron chi connectivity index (χ2n) is 11.5. The summed E-state index contributed by atoms with van der Waals surface area (Å²) in [6.45, 7) is 12.8. The maximum absolute atomic E-state index is 13.3. The van der Waals surface area contributed by atoms with Gasteiger partial charge in [-0.15, -0.1) is 0 Å². The summed E-state index contributed by atoms with van der Waals surface area (Å²) in [4.78, 5) is 13.3. The Bertz CT molecular complexity index is 1250. The van der Waals surface area contributed by atoms with Crippen LogP contribution in [-0.2, 0) is 30.9 Å². The molecule has 2 aromatic heterocycles. The molecule has 3 aromatic rings. The van der Waals surface area contributed by atoms with Crippen LogP contribution in [0.15, 0.2) is 42.7 Å². The first-order chi connectivity index (χ1) is 17.1. The molecule has 1 N–H and O–H groups in total. The SMILES string of the molecule is CC1(C)Cc2c(c(C(=O)Nc3cnn(Cc4ccccc4)c3)nn2COCC[Si](C)(C)C)CC1C#N. The van der Waals surface area contributed by atoms with Crippen LogP contribution in [0.25, 0.3) is 0 Å². The van der Waals surface area contributed by atoms with Gasteiger partial charge in [-0.25, -0.2) is 4.68 Å². The van der Waals surface area contributed by atoms with Crippen LogP contribution in [0.5, 0.6) is 0 Å². The number of rotatable bonds is 9. The number of nitrogens with one attached hydrogen (secondary N) is 1. The molecule has 1 aromatic carbocycles. The number of amides is 1. The number of benzene rings is 1. The van der Waals surface area contributed by atoms with Crippen LogP contribution in [0.4, 0.5) is 5.69 Å². The van der Waals surface area contributed by atoms with Gasteiger partial charge in [0.1, 0.15) is 6.73 Å². The number of ether oxygens (including phenoxy) is 1. The Labute approximate surface area is 214 Å². The van der Waals surface area contributed by atoms with Crippen LogP contribution in [0.3, 0.4) is 0 Å². The van der Waals surface area contributed by atoms with Gasteiger partial charge in [-0.2, -0.15) is 15.5 Å². The molecule has 0 saturated heterocycles. The number of hydrogen-bond acceptors (Lipinski definition) is 5. The van der Waals surface area contributed by atoms with Crippen molar-refractivity contribution >= 4 is 19.7 Å². The summed E-state index contributed by atoms with van der Waals surface area (Å²) < 4.78 is 9.59. The molecule has 4 rings (SSSR count). The highest BCUT2D eigenvalue weighted by atomic mass is 28.3. The number of anilines is 1. The summed E-state index contributed by atoms with van der Waals surface area (Å²) in [5, 5.41) is 21.8. The lowest BCUT2D eigenvalue weighted by atomic mass is 9.68. The summed E-state index contributed by atoms with van der Waals surface area (Å²) in [6.07, 6.45) is 4.64. The zero-order valence-electron chi connectivity index (χ0n) is 21.9. The molecule has 0 saturated carbocycles. The Balaban J connectivity index is 1.53. The highest BCUT2D eigenvalue weighted by Gasteiger charge is 2.40. The van der Waals surface area contributed by atoms with Gasteiger partial charge in [-0.05, 0) is 29.9 Å². The molecule has 1 aliphatic rings. The Kier molecular flexibility index (Phi) is 7.48. The van der Waals surface area contributed by atoms with Crippen molar-refractivity contribution in [2.45, 2.75) is 65.6 Å². The fraction of sp³-hybridized carbons (Fsp3) is 0.481. The van der Waals surface area contributed by atoms with Crippen LogP contribution >= 0.6 is 0 Å². The standard InChI is InChI=1S/C27H36N6O2Si/c1-27(2)14-24-23(13-21(27)15-28)25(31-33(24)19-35-11-12-36(3,4)5)26(34)30-22-16-29-32(18-22)17-20-9-7-6-8-10-20/h6-10,16,18,21H,11-14,17,19H2,1-5H3,(H,30,34). The van der Waals surface area contributed by atoms with Gasteiger partial charge in [0.15, 0.2) is 5.69 Å². The average Bonchev–Trinajstić information content (AvgIpc) is 3.39. The van der Waals surface area contributed by atoms with E-state index in [-0.39, 0.29) is 17.2 Å². The van der Waals surface area contributed by atoms with E-state index in [2.05, 4.69) is 55.1 Å². The van der Waals surface area contributed by atoms with E-state index in [1.807, 2.05) is 41.2 Å². The van der Waals surface area contributed by atoms with Gasteiger partial charge in [0.2, 0.25) is 0 Å². The third-order valence-corrected chi connectivity index (χ3v) is 8.50. The lowest BCUT2D eigenvalue weighted by Crippen LogP contribution is -2.33. The summed E-state index contributed by atoms with van der Waals surface area (Å²) in [6, 6.07) is 13.6.